The number of carbonyl (C=O) groups excluding carboxylic acids is 1. The van der Waals surface area contributed by atoms with Gasteiger partial charge in [0.1, 0.15) is 0 Å². The fourth-order valence-electron chi connectivity index (χ4n) is 2.13. The topological polar surface area (TPSA) is 78.4 Å². The Hall–Kier alpha value is -1.56. The lowest BCUT2D eigenvalue weighted by Gasteiger charge is -2.12. The molecule has 108 valence electrons. The number of amides is 2. The van der Waals surface area contributed by atoms with Crippen LogP contribution in [-0.4, -0.2) is 23.7 Å². The average Bonchev–Trinajstić information content (AvgIpc) is 2.97. The standard InChI is InChI=1S/C14H17BrN2O3/c1-14(2)6-8(14)7-16-13(20)17-11-9(12(18)19)4-3-5-10(11)15/h3-5,8H,6-7H2,1-2H3,(H,18,19)(H2,16,17,20). The Morgan fingerprint density at radius 2 is 2.10 bits per heavy atom. The maximum atomic E-state index is 11.8. The molecule has 1 fully saturated rings. The Morgan fingerprint density at radius 3 is 2.65 bits per heavy atom. The molecule has 1 aliphatic rings. The van der Waals surface area contributed by atoms with Crippen LogP contribution in [0.2, 0.25) is 0 Å². The van der Waals surface area contributed by atoms with E-state index in [1.165, 1.54) is 6.07 Å². The van der Waals surface area contributed by atoms with Crippen LogP contribution in [0.25, 0.3) is 0 Å². The summed E-state index contributed by atoms with van der Waals surface area (Å²) in [5.41, 5.74) is 0.626. The van der Waals surface area contributed by atoms with Gasteiger partial charge < -0.3 is 15.7 Å². The van der Waals surface area contributed by atoms with Gasteiger partial charge in [0.25, 0.3) is 0 Å². The molecule has 0 spiro atoms. The van der Waals surface area contributed by atoms with E-state index in [2.05, 4.69) is 40.4 Å². The van der Waals surface area contributed by atoms with Crippen LogP contribution in [-0.2, 0) is 0 Å². The summed E-state index contributed by atoms with van der Waals surface area (Å²) in [7, 11) is 0. The lowest BCUT2D eigenvalue weighted by atomic mass is 10.1. The highest BCUT2D eigenvalue weighted by Gasteiger charge is 2.45. The lowest BCUT2D eigenvalue weighted by molar-refractivity contribution is 0.0698. The first-order valence-corrected chi connectivity index (χ1v) is 7.17. The van der Waals surface area contributed by atoms with E-state index in [1.54, 1.807) is 12.1 Å². The van der Waals surface area contributed by atoms with Crippen LogP contribution in [0.1, 0.15) is 30.6 Å². The van der Waals surface area contributed by atoms with Crippen molar-refractivity contribution in [1.82, 2.24) is 5.32 Å². The van der Waals surface area contributed by atoms with E-state index < -0.39 is 5.97 Å². The predicted octanol–water partition coefficient (Wildman–Crippen LogP) is 3.31. The van der Waals surface area contributed by atoms with E-state index in [0.717, 1.165) is 6.42 Å². The fourth-order valence-corrected chi connectivity index (χ4v) is 2.59. The summed E-state index contributed by atoms with van der Waals surface area (Å²) in [5.74, 6) is -0.587. The van der Waals surface area contributed by atoms with E-state index in [-0.39, 0.29) is 17.3 Å². The van der Waals surface area contributed by atoms with Crippen LogP contribution < -0.4 is 10.6 Å². The third-order valence-electron chi connectivity index (χ3n) is 3.71. The van der Waals surface area contributed by atoms with Gasteiger partial charge in [-0.15, -0.1) is 0 Å². The van der Waals surface area contributed by atoms with Crippen molar-refractivity contribution in [2.75, 3.05) is 11.9 Å². The summed E-state index contributed by atoms with van der Waals surface area (Å²) in [6, 6.07) is 4.37. The number of anilines is 1. The monoisotopic (exact) mass is 340 g/mol. The zero-order valence-electron chi connectivity index (χ0n) is 11.4. The molecule has 6 heteroatoms. The highest BCUT2D eigenvalue weighted by Crippen LogP contribution is 2.50. The number of nitrogens with one attached hydrogen (secondary N) is 2. The average molecular weight is 341 g/mol. The zero-order chi connectivity index (χ0) is 14.9. The van der Waals surface area contributed by atoms with E-state index in [4.69, 9.17) is 5.11 Å². The SMILES string of the molecule is CC1(C)CC1CNC(=O)Nc1c(Br)cccc1C(=O)O. The molecule has 1 aromatic carbocycles. The molecule has 20 heavy (non-hydrogen) atoms. The van der Waals surface area contributed by atoms with Crippen molar-refractivity contribution in [3.8, 4) is 0 Å². The molecule has 1 aliphatic carbocycles. The minimum atomic E-state index is -1.08. The second-order valence-electron chi connectivity index (χ2n) is 5.69. The highest BCUT2D eigenvalue weighted by atomic mass is 79.9. The number of hydrogen-bond acceptors (Lipinski definition) is 2. The quantitative estimate of drug-likeness (QED) is 0.786. The molecule has 0 bridgehead atoms. The van der Waals surface area contributed by atoms with Crippen LogP contribution >= 0.6 is 15.9 Å². The lowest BCUT2D eigenvalue weighted by Crippen LogP contribution is -2.31. The number of hydrogen-bond donors (Lipinski definition) is 3. The number of rotatable bonds is 4. The molecule has 5 nitrogen and oxygen atoms in total. The van der Waals surface area contributed by atoms with E-state index >= 15 is 0 Å². The van der Waals surface area contributed by atoms with Gasteiger partial charge in [-0.25, -0.2) is 9.59 Å². The van der Waals surface area contributed by atoms with Gasteiger partial charge in [0.2, 0.25) is 0 Å². The van der Waals surface area contributed by atoms with Crippen LogP contribution in [0.3, 0.4) is 0 Å². The Labute approximate surface area is 125 Å². The molecule has 0 aliphatic heterocycles. The smallest absolute Gasteiger partial charge is 0.337 e. The Morgan fingerprint density at radius 1 is 1.45 bits per heavy atom. The minimum Gasteiger partial charge on any atom is -0.478 e. The summed E-state index contributed by atoms with van der Waals surface area (Å²) in [6.45, 7) is 4.92. The molecule has 1 unspecified atom stereocenters. The molecular formula is C14H17BrN2O3. The molecule has 2 amide bonds. The first-order chi connectivity index (χ1) is 9.31. The van der Waals surface area contributed by atoms with Crippen LogP contribution in [0, 0.1) is 11.3 Å². The molecule has 3 N–H and O–H groups in total. The Balaban J connectivity index is 1.99. The van der Waals surface area contributed by atoms with Gasteiger partial charge in [-0.2, -0.15) is 0 Å². The minimum absolute atomic E-state index is 0.0567. The number of carboxylic acid groups (broad SMARTS) is 1. The zero-order valence-corrected chi connectivity index (χ0v) is 13.0. The number of aromatic carboxylic acids is 1. The highest BCUT2D eigenvalue weighted by molar-refractivity contribution is 9.10. The van der Waals surface area contributed by atoms with E-state index in [9.17, 15) is 9.59 Å². The van der Waals surface area contributed by atoms with E-state index in [0.29, 0.717) is 22.4 Å². The van der Waals surface area contributed by atoms with Gasteiger partial charge in [0.15, 0.2) is 0 Å². The largest absolute Gasteiger partial charge is 0.478 e. The molecule has 1 atom stereocenters. The second-order valence-corrected chi connectivity index (χ2v) is 6.55. The van der Waals surface area contributed by atoms with Gasteiger partial charge in [-0.3, -0.25) is 0 Å². The van der Waals surface area contributed by atoms with Gasteiger partial charge in [-0.05, 0) is 45.8 Å². The Bertz CT molecular complexity index is 557. The molecule has 0 saturated heterocycles. The maximum Gasteiger partial charge on any atom is 0.337 e. The number of benzene rings is 1. The van der Waals surface area contributed by atoms with Crippen molar-refractivity contribution in [2.24, 2.45) is 11.3 Å². The van der Waals surface area contributed by atoms with E-state index in [1.807, 2.05) is 0 Å². The molecule has 0 heterocycles. The van der Waals surface area contributed by atoms with Crippen molar-refractivity contribution in [3.05, 3.63) is 28.2 Å². The number of urea groups is 1. The normalized spacial score (nSPS) is 19.2. The Kier molecular flexibility index (Phi) is 4.04. The first-order valence-electron chi connectivity index (χ1n) is 6.38. The molecule has 0 radical (unpaired) electrons. The first kappa shape index (κ1) is 14.8. The van der Waals surface area contributed by atoms with Crippen molar-refractivity contribution in [1.29, 1.82) is 0 Å². The molecule has 1 saturated carbocycles. The number of para-hydroxylation sites is 1. The summed E-state index contributed by atoms with van der Waals surface area (Å²) < 4.78 is 0.541. The fraction of sp³-hybridized carbons (Fsp3) is 0.429. The van der Waals surface area contributed by atoms with Crippen molar-refractivity contribution < 1.29 is 14.7 Å². The summed E-state index contributed by atoms with van der Waals surface area (Å²) in [6.07, 6.45) is 1.10. The van der Waals surface area contributed by atoms with Gasteiger partial charge in [0, 0.05) is 11.0 Å². The van der Waals surface area contributed by atoms with Gasteiger partial charge >= 0.3 is 12.0 Å². The third-order valence-corrected chi connectivity index (χ3v) is 4.37. The second kappa shape index (κ2) is 5.44. The summed E-state index contributed by atoms with van der Waals surface area (Å²) >= 11 is 3.25. The number of halogens is 1. The van der Waals surface area contributed by atoms with Crippen molar-refractivity contribution in [2.45, 2.75) is 20.3 Å². The van der Waals surface area contributed by atoms with Gasteiger partial charge in [-0.1, -0.05) is 19.9 Å². The van der Waals surface area contributed by atoms with Crippen molar-refractivity contribution >= 4 is 33.6 Å². The summed E-state index contributed by atoms with van der Waals surface area (Å²) in [4.78, 5) is 23.0. The number of carboxylic acids is 1. The molecular weight excluding hydrogens is 324 g/mol. The predicted molar refractivity (Wildman–Crippen MR) is 80.0 cm³/mol. The molecule has 0 aromatic heterocycles. The molecule has 1 aromatic rings. The van der Waals surface area contributed by atoms with Crippen LogP contribution in [0.15, 0.2) is 22.7 Å². The van der Waals surface area contributed by atoms with Crippen LogP contribution in [0.4, 0.5) is 10.5 Å². The number of carbonyl (C=O) groups is 2. The third kappa shape index (κ3) is 3.30. The summed E-state index contributed by atoms with van der Waals surface area (Å²) in [5, 5.41) is 14.5. The van der Waals surface area contributed by atoms with Crippen LogP contribution in [0.5, 0.6) is 0 Å². The molecule has 2 rings (SSSR count). The maximum absolute atomic E-state index is 11.8. The van der Waals surface area contributed by atoms with Gasteiger partial charge in [0.05, 0.1) is 11.3 Å². The van der Waals surface area contributed by atoms with Crippen molar-refractivity contribution in [3.63, 3.8) is 0 Å².